The molecule has 3 unspecified atom stereocenters. The number of hydrogen-bond acceptors (Lipinski definition) is 5. The summed E-state index contributed by atoms with van der Waals surface area (Å²) >= 11 is 0. The number of rotatable bonds is 5. The predicted molar refractivity (Wildman–Crippen MR) is 59.9 cm³/mol. The zero-order valence-electron chi connectivity index (χ0n) is 9.97. The third-order valence-corrected chi connectivity index (χ3v) is 4.95. The van der Waals surface area contributed by atoms with Crippen LogP contribution in [0.4, 0.5) is 0 Å². The van der Waals surface area contributed by atoms with Crippen LogP contribution in [0, 0.1) is 0 Å². The largest absolute Gasteiger partial charge is 0.459 e. The minimum atomic E-state index is -2.67. The van der Waals surface area contributed by atoms with Gasteiger partial charge in [0.05, 0.1) is 18.9 Å². The van der Waals surface area contributed by atoms with Crippen molar-refractivity contribution in [2.45, 2.75) is 33.0 Å². The molecule has 1 aliphatic rings. The van der Waals surface area contributed by atoms with E-state index >= 15 is 0 Å². The Morgan fingerprint density at radius 2 is 1.88 bits per heavy atom. The minimum Gasteiger partial charge on any atom is -0.459 e. The first-order valence-corrected chi connectivity index (χ1v) is 7.51. The van der Waals surface area contributed by atoms with Gasteiger partial charge in [0.2, 0.25) is 7.37 Å². The highest BCUT2D eigenvalue weighted by Crippen LogP contribution is 2.54. The molecule has 0 bridgehead atoms. The second kappa shape index (κ2) is 5.80. The van der Waals surface area contributed by atoms with Gasteiger partial charge in [-0.2, -0.15) is 0 Å². The first kappa shape index (κ1) is 13.7. The third-order valence-electron chi connectivity index (χ3n) is 2.39. The van der Waals surface area contributed by atoms with E-state index in [0.717, 1.165) is 0 Å². The Kier molecular flexibility index (Phi) is 4.96. The van der Waals surface area contributed by atoms with Gasteiger partial charge in [0.1, 0.15) is 12.2 Å². The maximum absolute atomic E-state index is 12.2. The quantitative estimate of drug-likeness (QED) is 0.548. The average Bonchev–Trinajstić information content (AvgIpc) is 2.43. The van der Waals surface area contributed by atoms with Crippen molar-refractivity contribution in [1.29, 1.82) is 0 Å². The van der Waals surface area contributed by atoms with E-state index in [1.807, 2.05) is 6.92 Å². The molecule has 5 nitrogen and oxygen atoms in total. The fraction of sp³-hybridized carbons (Fsp3) is 0.900. The summed E-state index contributed by atoms with van der Waals surface area (Å²) in [6, 6.07) is 0. The smallest absolute Gasteiger partial charge is 0.303 e. The van der Waals surface area contributed by atoms with Gasteiger partial charge >= 0.3 is 5.97 Å². The highest BCUT2D eigenvalue weighted by Gasteiger charge is 2.45. The van der Waals surface area contributed by atoms with Crippen LogP contribution >= 0.6 is 7.37 Å². The molecule has 0 aromatic carbocycles. The van der Waals surface area contributed by atoms with Gasteiger partial charge in [-0.15, -0.1) is 0 Å². The zero-order valence-corrected chi connectivity index (χ0v) is 10.9. The van der Waals surface area contributed by atoms with Crippen molar-refractivity contribution in [3.8, 4) is 0 Å². The van der Waals surface area contributed by atoms with Crippen LogP contribution in [0.15, 0.2) is 0 Å². The lowest BCUT2D eigenvalue weighted by molar-refractivity contribution is -0.151. The van der Waals surface area contributed by atoms with Crippen LogP contribution in [0.3, 0.4) is 0 Å². The molecule has 0 aromatic rings. The first-order valence-electron chi connectivity index (χ1n) is 5.52. The van der Waals surface area contributed by atoms with Gasteiger partial charge in [0.25, 0.3) is 0 Å². The van der Waals surface area contributed by atoms with E-state index in [-0.39, 0.29) is 18.2 Å². The lowest BCUT2D eigenvalue weighted by atomic mass is 10.2. The van der Waals surface area contributed by atoms with Crippen LogP contribution in [-0.4, -0.2) is 43.7 Å². The molecule has 0 amide bonds. The summed E-state index contributed by atoms with van der Waals surface area (Å²) in [4.78, 5) is 10.9. The van der Waals surface area contributed by atoms with Crippen molar-refractivity contribution >= 4 is 13.3 Å². The summed E-state index contributed by atoms with van der Waals surface area (Å²) in [6.07, 6.45) is -0.126. The number of carbonyl (C=O) groups excluding carboxylic acids is 1. The third kappa shape index (κ3) is 3.58. The van der Waals surface area contributed by atoms with Crippen molar-refractivity contribution < 1.29 is 23.4 Å². The molecule has 1 fully saturated rings. The van der Waals surface area contributed by atoms with Crippen LogP contribution in [0.5, 0.6) is 0 Å². The zero-order chi connectivity index (χ0) is 12.2. The molecule has 0 aromatic heterocycles. The molecule has 1 saturated heterocycles. The van der Waals surface area contributed by atoms with Gasteiger partial charge in [0.15, 0.2) is 0 Å². The van der Waals surface area contributed by atoms with E-state index in [9.17, 15) is 9.36 Å². The maximum Gasteiger partial charge on any atom is 0.303 e. The molecule has 94 valence electrons. The van der Waals surface area contributed by atoms with Gasteiger partial charge in [-0.05, 0) is 13.8 Å². The second-order valence-corrected chi connectivity index (χ2v) is 6.36. The fourth-order valence-corrected chi connectivity index (χ4v) is 4.48. The second-order valence-electron chi connectivity index (χ2n) is 3.74. The predicted octanol–water partition coefficient (Wildman–Crippen LogP) is 1.65. The summed E-state index contributed by atoms with van der Waals surface area (Å²) in [5, 5.41) is 0. The molecule has 0 aliphatic carbocycles. The summed E-state index contributed by atoms with van der Waals surface area (Å²) < 4.78 is 28.0. The average molecular weight is 250 g/mol. The molecule has 6 heteroatoms. The Balaban J connectivity index is 2.67. The molecule has 1 aliphatic heterocycles. The Hall–Kier alpha value is -0.380. The van der Waals surface area contributed by atoms with Crippen molar-refractivity contribution in [2.75, 3.05) is 25.5 Å². The summed E-state index contributed by atoms with van der Waals surface area (Å²) in [5.74, 6) is -0.375. The van der Waals surface area contributed by atoms with Gasteiger partial charge in [-0.1, -0.05) is 0 Å². The molecular weight excluding hydrogens is 231 g/mol. The Bertz CT molecular complexity index is 291. The molecular formula is C10H19O5P. The van der Waals surface area contributed by atoms with E-state index in [1.165, 1.54) is 6.92 Å². The lowest BCUT2D eigenvalue weighted by Gasteiger charge is -2.17. The van der Waals surface area contributed by atoms with Crippen molar-refractivity contribution in [1.82, 2.24) is 0 Å². The fourth-order valence-electron chi connectivity index (χ4n) is 1.90. The summed E-state index contributed by atoms with van der Waals surface area (Å²) in [6.45, 7) is 5.91. The van der Waals surface area contributed by atoms with E-state index in [2.05, 4.69) is 0 Å². The van der Waals surface area contributed by atoms with Crippen LogP contribution in [0.1, 0.15) is 20.8 Å². The van der Waals surface area contributed by atoms with Crippen molar-refractivity contribution in [3.63, 3.8) is 0 Å². The Morgan fingerprint density at radius 1 is 1.25 bits per heavy atom. The summed E-state index contributed by atoms with van der Waals surface area (Å²) in [5.41, 5.74) is 0. The molecule has 0 radical (unpaired) electrons. The summed E-state index contributed by atoms with van der Waals surface area (Å²) in [7, 11) is -2.67. The van der Waals surface area contributed by atoms with Crippen LogP contribution in [0.2, 0.25) is 0 Å². The molecule has 0 saturated carbocycles. The van der Waals surface area contributed by atoms with Gasteiger partial charge < -0.3 is 14.0 Å². The Labute approximate surface area is 95.9 Å². The highest BCUT2D eigenvalue weighted by atomic mass is 31.2. The molecule has 0 N–H and O–H groups in total. The lowest BCUT2D eigenvalue weighted by Crippen LogP contribution is -2.31. The van der Waals surface area contributed by atoms with E-state index < -0.39 is 13.5 Å². The topological polar surface area (TPSA) is 61.8 Å². The van der Waals surface area contributed by atoms with Crippen LogP contribution < -0.4 is 0 Å². The Morgan fingerprint density at radius 3 is 2.38 bits per heavy atom. The molecule has 1 rings (SSSR count). The van der Waals surface area contributed by atoms with Crippen molar-refractivity contribution in [2.24, 2.45) is 0 Å². The minimum absolute atomic E-state index is 0.269. The maximum atomic E-state index is 12.2. The van der Waals surface area contributed by atoms with Gasteiger partial charge in [0, 0.05) is 13.5 Å². The van der Waals surface area contributed by atoms with E-state index in [1.54, 1.807) is 6.92 Å². The molecule has 3 atom stereocenters. The standard InChI is InChI=1S/C10H19O5P/c1-4-13-9-6-16(12,14-5-2)7-10(9)15-8(3)11/h9-10H,4-7H2,1-3H3. The normalized spacial score (nSPS) is 33.9. The highest BCUT2D eigenvalue weighted by molar-refractivity contribution is 7.59. The van der Waals surface area contributed by atoms with E-state index in [4.69, 9.17) is 14.0 Å². The molecule has 0 spiro atoms. The SMILES string of the molecule is CCOC1CP(=O)(OCC)CC1OC(C)=O. The number of hydrogen-bond donors (Lipinski definition) is 0. The van der Waals surface area contributed by atoms with Crippen LogP contribution in [0.25, 0.3) is 0 Å². The number of esters is 1. The van der Waals surface area contributed by atoms with Crippen molar-refractivity contribution in [3.05, 3.63) is 0 Å². The molecule has 1 heterocycles. The van der Waals surface area contributed by atoms with Gasteiger partial charge in [-0.25, -0.2) is 0 Å². The van der Waals surface area contributed by atoms with Crippen LogP contribution in [-0.2, 0) is 23.4 Å². The number of ether oxygens (including phenoxy) is 2. The number of carbonyl (C=O) groups is 1. The molecule has 16 heavy (non-hydrogen) atoms. The van der Waals surface area contributed by atoms with E-state index in [0.29, 0.717) is 19.4 Å². The van der Waals surface area contributed by atoms with Gasteiger partial charge in [-0.3, -0.25) is 9.36 Å². The monoisotopic (exact) mass is 250 g/mol. The first-order chi connectivity index (χ1) is 7.50.